The highest BCUT2D eigenvalue weighted by atomic mass is 79.9. The van der Waals surface area contributed by atoms with Crippen molar-refractivity contribution in [1.82, 2.24) is 5.32 Å². The van der Waals surface area contributed by atoms with Crippen LogP contribution in [0.5, 0.6) is 0 Å². The highest BCUT2D eigenvalue weighted by Crippen LogP contribution is 2.31. The molecule has 0 unspecified atom stereocenters. The average molecular weight is 381 g/mol. The normalized spacial score (nSPS) is 16.8. The van der Waals surface area contributed by atoms with Crippen LogP contribution in [0.15, 0.2) is 53.0 Å². The van der Waals surface area contributed by atoms with Gasteiger partial charge in [-0.15, -0.1) is 0 Å². The van der Waals surface area contributed by atoms with E-state index in [-0.39, 0.29) is 11.3 Å². The minimum Gasteiger partial charge on any atom is -0.379 e. The van der Waals surface area contributed by atoms with Crippen LogP contribution < -0.4 is 5.32 Å². The predicted octanol–water partition coefficient (Wildman–Crippen LogP) is 4.47. The Labute approximate surface area is 150 Å². The standard InChI is InChI=1S/C20H17BrN2O/c1-20(2)11-15-7-8-16(21)9-17(15)18(23-20)10-19(24)14-5-3-13(12-22)4-6-14/h3-10,23H,11H2,1-2H3. The molecule has 3 rings (SSSR count). The first kappa shape index (κ1) is 16.5. The number of nitrogens with one attached hydrogen (secondary N) is 1. The first-order valence-corrected chi connectivity index (χ1v) is 8.50. The fourth-order valence-electron chi connectivity index (χ4n) is 2.94. The molecule has 3 nitrogen and oxygen atoms in total. The lowest BCUT2D eigenvalue weighted by molar-refractivity contribution is 0.104. The van der Waals surface area contributed by atoms with Gasteiger partial charge in [0.05, 0.1) is 11.6 Å². The summed E-state index contributed by atoms with van der Waals surface area (Å²) in [7, 11) is 0. The van der Waals surface area contributed by atoms with E-state index < -0.39 is 0 Å². The maximum absolute atomic E-state index is 12.6. The van der Waals surface area contributed by atoms with Crippen molar-refractivity contribution in [2.24, 2.45) is 0 Å². The van der Waals surface area contributed by atoms with Crippen LogP contribution in [0.3, 0.4) is 0 Å². The maximum Gasteiger partial charge on any atom is 0.187 e. The second kappa shape index (κ2) is 6.26. The van der Waals surface area contributed by atoms with E-state index >= 15 is 0 Å². The van der Waals surface area contributed by atoms with Crippen LogP contribution in [0, 0.1) is 11.3 Å². The molecule has 1 aliphatic rings. The number of nitriles is 1. The number of ketones is 1. The van der Waals surface area contributed by atoms with Crippen molar-refractivity contribution >= 4 is 27.4 Å². The van der Waals surface area contributed by atoms with Gasteiger partial charge in [0, 0.05) is 32.9 Å². The van der Waals surface area contributed by atoms with Gasteiger partial charge in [0.1, 0.15) is 0 Å². The van der Waals surface area contributed by atoms with Crippen molar-refractivity contribution in [3.63, 3.8) is 0 Å². The Kier molecular flexibility index (Phi) is 4.29. The molecule has 0 saturated heterocycles. The third-order valence-corrected chi connectivity index (χ3v) is 4.53. The van der Waals surface area contributed by atoms with Crippen LogP contribution >= 0.6 is 15.9 Å². The minimum atomic E-state index is -0.113. The summed E-state index contributed by atoms with van der Waals surface area (Å²) in [6.45, 7) is 4.25. The number of halogens is 1. The molecule has 0 bridgehead atoms. The molecule has 2 aromatic carbocycles. The summed E-state index contributed by atoms with van der Waals surface area (Å²) >= 11 is 3.50. The monoisotopic (exact) mass is 380 g/mol. The molecule has 0 spiro atoms. The van der Waals surface area contributed by atoms with E-state index in [0.29, 0.717) is 11.1 Å². The summed E-state index contributed by atoms with van der Waals surface area (Å²) in [5.41, 5.74) is 4.11. The molecule has 2 aromatic rings. The van der Waals surface area contributed by atoms with E-state index in [1.807, 2.05) is 12.1 Å². The molecule has 0 saturated carbocycles. The van der Waals surface area contributed by atoms with Crippen molar-refractivity contribution in [1.29, 1.82) is 5.26 Å². The molecule has 24 heavy (non-hydrogen) atoms. The average Bonchev–Trinajstić information content (AvgIpc) is 2.55. The fourth-order valence-corrected chi connectivity index (χ4v) is 3.30. The first-order chi connectivity index (χ1) is 11.4. The summed E-state index contributed by atoms with van der Waals surface area (Å²) < 4.78 is 0.986. The lowest BCUT2D eigenvalue weighted by Gasteiger charge is -2.35. The highest BCUT2D eigenvalue weighted by molar-refractivity contribution is 9.10. The van der Waals surface area contributed by atoms with Crippen LogP contribution in [-0.2, 0) is 6.42 Å². The number of fused-ring (bicyclic) bond motifs is 1. The second-order valence-electron chi connectivity index (χ2n) is 6.60. The molecule has 0 amide bonds. The lowest BCUT2D eigenvalue weighted by atomic mass is 9.85. The van der Waals surface area contributed by atoms with Gasteiger partial charge >= 0.3 is 0 Å². The quantitative estimate of drug-likeness (QED) is 0.617. The van der Waals surface area contributed by atoms with E-state index in [4.69, 9.17) is 5.26 Å². The van der Waals surface area contributed by atoms with Gasteiger partial charge < -0.3 is 5.32 Å². The Morgan fingerprint density at radius 2 is 1.96 bits per heavy atom. The molecule has 0 aliphatic carbocycles. The van der Waals surface area contributed by atoms with Crippen molar-refractivity contribution in [2.45, 2.75) is 25.8 Å². The number of nitrogens with zero attached hydrogens (tertiary/aromatic N) is 1. The Hall–Kier alpha value is -2.38. The van der Waals surface area contributed by atoms with Crippen molar-refractivity contribution < 1.29 is 4.79 Å². The number of hydrogen-bond acceptors (Lipinski definition) is 3. The summed E-state index contributed by atoms with van der Waals surface area (Å²) in [4.78, 5) is 12.6. The Bertz CT molecular complexity index is 874. The number of rotatable bonds is 2. The van der Waals surface area contributed by atoms with Gasteiger partial charge in [0.25, 0.3) is 0 Å². The van der Waals surface area contributed by atoms with Gasteiger partial charge in [0.2, 0.25) is 0 Å². The Balaban J connectivity index is 2.00. The van der Waals surface area contributed by atoms with Crippen LogP contribution in [-0.4, -0.2) is 11.3 Å². The third kappa shape index (κ3) is 3.42. The first-order valence-electron chi connectivity index (χ1n) is 7.71. The number of hydrogen-bond donors (Lipinski definition) is 1. The van der Waals surface area contributed by atoms with Crippen molar-refractivity contribution in [3.05, 3.63) is 75.3 Å². The van der Waals surface area contributed by atoms with Crippen molar-refractivity contribution in [2.75, 3.05) is 0 Å². The number of carbonyl (C=O) groups excluding carboxylic acids is 1. The van der Waals surface area contributed by atoms with Crippen molar-refractivity contribution in [3.8, 4) is 6.07 Å². The van der Waals surface area contributed by atoms with Gasteiger partial charge in [-0.25, -0.2) is 0 Å². The zero-order valence-corrected chi connectivity index (χ0v) is 15.1. The molecule has 120 valence electrons. The minimum absolute atomic E-state index is 0.0781. The number of allylic oxidation sites excluding steroid dienone is 1. The molecule has 0 aromatic heterocycles. The number of carbonyl (C=O) groups is 1. The molecule has 0 fully saturated rings. The van der Waals surface area contributed by atoms with Gasteiger partial charge in [0.15, 0.2) is 5.78 Å². The van der Waals surface area contributed by atoms with E-state index in [2.05, 4.69) is 47.2 Å². The SMILES string of the molecule is CC1(C)Cc2ccc(Br)cc2C(=CC(=O)c2ccc(C#N)cc2)N1. The van der Waals surface area contributed by atoms with E-state index in [1.54, 1.807) is 30.3 Å². The summed E-state index contributed by atoms with van der Waals surface area (Å²) in [6.07, 6.45) is 2.55. The van der Waals surface area contributed by atoms with Gasteiger partial charge in [-0.05, 0) is 62.2 Å². The molecular weight excluding hydrogens is 364 g/mol. The third-order valence-electron chi connectivity index (χ3n) is 4.04. The second-order valence-corrected chi connectivity index (χ2v) is 7.51. The van der Waals surface area contributed by atoms with Crippen LogP contribution in [0.2, 0.25) is 0 Å². The molecule has 0 atom stereocenters. The van der Waals surface area contributed by atoms with Gasteiger partial charge in [-0.3, -0.25) is 4.79 Å². The summed E-state index contributed by atoms with van der Waals surface area (Å²) in [5, 5.41) is 12.3. The maximum atomic E-state index is 12.6. The molecule has 0 radical (unpaired) electrons. The van der Waals surface area contributed by atoms with E-state index in [9.17, 15) is 4.79 Å². The Morgan fingerprint density at radius 1 is 1.25 bits per heavy atom. The smallest absolute Gasteiger partial charge is 0.187 e. The molecule has 1 aliphatic heterocycles. The highest BCUT2D eigenvalue weighted by Gasteiger charge is 2.28. The van der Waals surface area contributed by atoms with Crippen LogP contribution in [0.1, 0.15) is 40.9 Å². The number of benzene rings is 2. The van der Waals surface area contributed by atoms with E-state index in [1.165, 1.54) is 5.56 Å². The van der Waals surface area contributed by atoms with Crippen LogP contribution in [0.25, 0.3) is 5.70 Å². The van der Waals surface area contributed by atoms with Gasteiger partial charge in [-0.2, -0.15) is 5.26 Å². The predicted molar refractivity (Wildman–Crippen MR) is 98.5 cm³/mol. The molecule has 1 N–H and O–H groups in total. The van der Waals surface area contributed by atoms with Gasteiger partial charge in [-0.1, -0.05) is 22.0 Å². The zero-order valence-electron chi connectivity index (χ0n) is 13.6. The van der Waals surface area contributed by atoms with E-state index in [0.717, 1.165) is 22.2 Å². The largest absolute Gasteiger partial charge is 0.379 e. The molecular formula is C20H17BrN2O. The topological polar surface area (TPSA) is 52.9 Å². The zero-order chi connectivity index (χ0) is 17.3. The Morgan fingerprint density at radius 3 is 2.62 bits per heavy atom. The van der Waals surface area contributed by atoms with Crippen LogP contribution in [0.4, 0.5) is 0 Å². The molecule has 1 heterocycles. The molecule has 4 heteroatoms. The lowest BCUT2D eigenvalue weighted by Crippen LogP contribution is -2.43. The fraction of sp³-hybridized carbons (Fsp3) is 0.200. The summed E-state index contributed by atoms with van der Waals surface area (Å²) in [6, 6.07) is 14.9. The summed E-state index contributed by atoms with van der Waals surface area (Å²) in [5.74, 6) is -0.0781.